The SMILES string of the molecule is COc1ccc(CO[C@@H](OS(C)(=O)=O)[C@@H](OCc2ccc(OC)cc2)[C@@H](COS(C)(=O)=O)OCc2ccc(OC)cc2)cc1. The summed E-state index contributed by atoms with van der Waals surface area (Å²) in [6, 6.07) is 21.0. The maximum Gasteiger partial charge on any atom is 0.266 e. The van der Waals surface area contributed by atoms with E-state index in [-0.39, 0.29) is 19.8 Å². The zero-order chi connectivity index (χ0) is 32.2. The predicted molar refractivity (Wildman–Crippen MR) is 161 cm³/mol. The number of rotatable bonds is 19. The number of methoxy groups -OCH3 is 3. The topological polar surface area (TPSA) is 142 Å². The van der Waals surface area contributed by atoms with E-state index in [1.807, 2.05) is 0 Å². The van der Waals surface area contributed by atoms with E-state index in [1.54, 1.807) is 87.0 Å². The third-order valence-corrected chi connectivity index (χ3v) is 7.25. The average molecular weight is 655 g/mol. The van der Waals surface area contributed by atoms with Gasteiger partial charge in [-0.3, -0.25) is 4.18 Å². The first-order valence-electron chi connectivity index (χ1n) is 13.4. The van der Waals surface area contributed by atoms with Crippen LogP contribution in [0, 0.1) is 0 Å². The fourth-order valence-corrected chi connectivity index (χ4v) is 4.77. The van der Waals surface area contributed by atoms with Crippen LogP contribution in [0.15, 0.2) is 72.8 Å². The predicted octanol–water partition coefficient (Wildman–Crippen LogP) is 3.68. The van der Waals surface area contributed by atoms with Crippen LogP contribution >= 0.6 is 0 Å². The summed E-state index contributed by atoms with van der Waals surface area (Å²) in [5.41, 5.74) is 2.12. The summed E-state index contributed by atoms with van der Waals surface area (Å²) in [7, 11) is -3.39. The van der Waals surface area contributed by atoms with Gasteiger partial charge in [-0.15, -0.1) is 0 Å². The maximum atomic E-state index is 12.4. The molecule has 0 saturated heterocycles. The third kappa shape index (κ3) is 12.4. The molecule has 0 amide bonds. The van der Waals surface area contributed by atoms with E-state index in [9.17, 15) is 16.8 Å². The van der Waals surface area contributed by atoms with Gasteiger partial charge in [-0.1, -0.05) is 36.4 Å². The van der Waals surface area contributed by atoms with Crippen LogP contribution in [-0.4, -0.2) is 75.8 Å². The summed E-state index contributed by atoms with van der Waals surface area (Å²) in [5.74, 6) is 1.90. The van der Waals surface area contributed by atoms with Crippen molar-refractivity contribution in [1.29, 1.82) is 0 Å². The molecule has 44 heavy (non-hydrogen) atoms. The first kappa shape index (κ1) is 35.2. The number of hydrogen-bond acceptors (Lipinski definition) is 12. The number of ether oxygens (including phenoxy) is 6. The summed E-state index contributed by atoms with van der Waals surface area (Å²) < 4.78 is 93.1. The standard InChI is InChI=1S/C30H38O12S2/c1-35-25-12-6-22(7-13-25)18-38-28(21-41-43(4,31)32)29(39-19-23-8-14-26(36-2)15-9-23)30(42-44(5,33)34)40-20-24-10-16-27(37-3)17-11-24/h6-17,28-30H,18-21H2,1-5H3/t28-,29+,30+/m1/s1. The van der Waals surface area contributed by atoms with Gasteiger partial charge in [0, 0.05) is 0 Å². The molecule has 3 rings (SSSR count). The Balaban J connectivity index is 1.95. The Morgan fingerprint density at radius 1 is 0.545 bits per heavy atom. The molecular formula is C30H38O12S2. The lowest BCUT2D eigenvalue weighted by atomic mass is 10.1. The minimum atomic E-state index is -4.10. The van der Waals surface area contributed by atoms with Crippen LogP contribution in [0.2, 0.25) is 0 Å². The Bertz CT molecular complexity index is 1490. The molecule has 0 bridgehead atoms. The van der Waals surface area contributed by atoms with Gasteiger partial charge >= 0.3 is 0 Å². The quantitative estimate of drug-likeness (QED) is 0.137. The molecule has 0 unspecified atom stereocenters. The van der Waals surface area contributed by atoms with Crippen molar-refractivity contribution in [3.8, 4) is 17.2 Å². The molecule has 0 aliphatic heterocycles. The van der Waals surface area contributed by atoms with Crippen molar-refractivity contribution in [2.24, 2.45) is 0 Å². The summed E-state index contributed by atoms with van der Waals surface area (Å²) in [4.78, 5) is 0. The maximum absolute atomic E-state index is 12.4. The highest BCUT2D eigenvalue weighted by atomic mass is 32.2. The van der Waals surface area contributed by atoms with Crippen molar-refractivity contribution in [3.05, 3.63) is 89.5 Å². The van der Waals surface area contributed by atoms with Crippen molar-refractivity contribution in [1.82, 2.24) is 0 Å². The first-order valence-corrected chi connectivity index (χ1v) is 17.0. The van der Waals surface area contributed by atoms with Gasteiger partial charge in [-0.2, -0.15) is 16.8 Å². The van der Waals surface area contributed by atoms with Crippen LogP contribution in [0.5, 0.6) is 17.2 Å². The van der Waals surface area contributed by atoms with E-state index in [1.165, 1.54) is 7.11 Å². The molecule has 0 aromatic heterocycles. The molecule has 3 aromatic carbocycles. The molecule has 0 fully saturated rings. The van der Waals surface area contributed by atoms with Crippen molar-refractivity contribution < 1.29 is 53.6 Å². The van der Waals surface area contributed by atoms with Crippen molar-refractivity contribution >= 4 is 20.2 Å². The van der Waals surface area contributed by atoms with Crippen LogP contribution in [-0.2, 0) is 62.6 Å². The number of hydrogen-bond donors (Lipinski definition) is 0. The zero-order valence-corrected chi connectivity index (χ0v) is 26.8. The van der Waals surface area contributed by atoms with Gasteiger partial charge in [0.25, 0.3) is 20.2 Å². The zero-order valence-electron chi connectivity index (χ0n) is 25.2. The molecule has 3 aromatic rings. The summed E-state index contributed by atoms with van der Waals surface area (Å²) in [6.07, 6.45) is -2.25. The normalized spacial score (nSPS) is 14.0. The molecule has 0 aliphatic rings. The Labute approximate surface area is 259 Å². The molecule has 0 saturated carbocycles. The van der Waals surface area contributed by atoms with E-state index in [2.05, 4.69) is 0 Å². The highest BCUT2D eigenvalue weighted by Crippen LogP contribution is 2.23. The number of benzene rings is 3. The Kier molecular flexibility index (Phi) is 13.4. The van der Waals surface area contributed by atoms with E-state index in [4.69, 9.17) is 36.8 Å². The Morgan fingerprint density at radius 3 is 1.30 bits per heavy atom. The van der Waals surface area contributed by atoms with Crippen molar-refractivity contribution in [2.45, 2.75) is 38.3 Å². The second-order valence-corrected chi connectivity index (χ2v) is 12.9. The second-order valence-electron chi connectivity index (χ2n) is 9.64. The van der Waals surface area contributed by atoms with Crippen LogP contribution in [0.4, 0.5) is 0 Å². The van der Waals surface area contributed by atoms with Gasteiger partial charge in [-0.25, -0.2) is 4.18 Å². The summed E-state index contributed by atoms with van der Waals surface area (Å²) >= 11 is 0. The van der Waals surface area contributed by atoms with Crippen LogP contribution in [0.3, 0.4) is 0 Å². The molecule has 3 atom stereocenters. The molecule has 14 heteroatoms. The van der Waals surface area contributed by atoms with E-state index >= 15 is 0 Å². The highest BCUT2D eigenvalue weighted by Gasteiger charge is 2.37. The second kappa shape index (κ2) is 16.7. The average Bonchev–Trinajstić information content (AvgIpc) is 3.00. The van der Waals surface area contributed by atoms with Crippen LogP contribution < -0.4 is 14.2 Å². The molecule has 0 spiro atoms. The fraction of sp³-hybridized carbons (Fsp3) is 0.400. The Hall–Kier alpha value is -3.24. The molecule has 12 nitrogen and oxygen atoms in total. The van der Waals surface area contributed by atoms with Crippen LogP contribution in [0.1, 0.15) is 16.7 Å². The lowest BCUT2D eigenvalue weighted by Crippen LogP contribution is -2.47. The molecule has 242 valence electrons. The lowest BCUT2D eigenvalue weighted by molar-refractivity contribution is -0.214. The van der Waals surface area contributed by atoms with Gasteiger partial charge in [0.15, 0.2) is 0 Å². The first-order chi connectivity index (χ1) is 20.9. The largest absolute Gasteiger partial charge is 0.497 e. The third-order valence-electron chi connectivity index (χ3n) is 6.15. The molecular weight excluding hydrogens is 616 g/mol. The van der Waals surface area contributed by atoms with Gasteiger partial charge in [0.1, 0.15) is 29.5 Å². The molecule has 0 heterocycles. The van der Waals surface area contributed by atoms with E-state index in [0.717, 1.165) is 18.1 Å². The minimum absolute atomic E-state index is 0.00570. The lowest BCUT2D eigenvalue weighted by Gasteiger charge is -2.32. The monoisotopic (exact) mass is 654 g/mol. The van der Waals surface area contributed by atoms with Crippen molar-refractivity contribution in [2.75, 3.05) is 40.4 Å². The smallest absolute Gasteiger partial charge is 0.266 e. The summed E-state index contributed by atoms with van der Waals surface area (Å²) in [6.45, 7) is -0.637. The van der Waals surface area contributed by atoms with Gasteiger partial charge < -0.3 is 28.4 Å². The summed E-state index contributed by atoms with van der Waals surface area (Å²) in [5, 5.41) is 0. The molecule has 0 radical (unpaired) electrons. The minimum Gasteiger partial charge on any atom is -0.497 e. The molecule has 0 N–H and O–H groups in total. The van der Waals surface area contributed by atoms with Gasteiger partial charge in [0.2, 0.25) is 6.29 Å². The van der Waals surface area contributed by atoms with Crippen LogP contribution in [0.25, 0.3) is 0 Å². The fourth-order valence-electron chi connectivity index (χ4n) is 3.88. The molecule has 0 aliphatic carbocycles. The Morgan fingerprint density at radius 2 is 0.932 bits per heavy atom. The van der Waals surface area contributed by atoms with Crippen molar-refractivity contribution in [3.63, 3.8) is 0 Å². The van der Waals surface area contributed by atoms with Gasteiger partial charge in [0.05, 0.1) is 60.3 Å². The van der Waals surface area contributed by atoms with E-state index in [0.29, 0.717) is 28.4 Å². The van der Waals surface area contributed by atoms with E-state index < -0.39 is 45.3 Å². The highest BCUT2D eigenvalue weighted by molar-refractivity contribution is 7.86. The van der Waals surface area contributed by atoms with Gasteiger partial charge in [-0.05, 0) is 53.1 Å².